The summed E-state index contributed by atoms with van der Waals surface area (Å²) in [6.45, 7) is 4.73. The number of aromatic nitrogens is 1. The van der Waals surface area contributed by atoms with E-state index < -0.39 is 0 Å². The van der Waals surface area contributed by atoms with Crippen molar-refractivity contribution in [3.05, 3.63) is 24.4 Å². The standard InChI is InChI=1S/C12H19N5O/c13-11(15-18)4-6-16-7-9-17(10-8-16)12-3-1-2-5-14-12/h1-3,5,18H,4,6-10H2,(H2,13,15). The van der Waals surface area contributed by atoms with Crippen LogP contribution < -0.4 is 10.6 Å². The Labute approximate surface area is 107 Å². The van der Waals surface area contributed by atoms with Gasteiger partial charge in [0, 0.05) is 45.3 Å². The lowest BCUT2D eigenvalue weighted by atomic mass is 10.2. The molecule has 0 saturated carbocycles. The van der Waals surface area contributed by atoms with E-state index in [0.29, 0.717) is 12.3 Å². The molecule has 2 rings (SSSR count). The lowest BCUT2D eigenvalue weighted by molar-refractivity contribution is 0.261. The highest BCUT2D eigenvalue weighted by molar-refractivity contribution is 5.79. The third-order valence-electron chi connectivity index (χ3n) is 3.16. The van der Waals surface area contributed by atoms with Crippen molar-refractivity contribution in [2.24, 2.45) is 10.9 Å². The minimum atomic E-state index is 0.294. The van der Waals surface area contributed by atoms with Gasteiger partial charge in [0.05, 0.1) is 0 Å². The molecule has 3 N–H and O–H groups in total. The molecule has 1 aromatic heterocycles. The van der Waals surface area contributed by atoms with E-state index in [1.165, 1.54) is 0 Å². The predicted octanol–water partition coefficient (Wildman–Crippen LogP) is 0.340. The molecule has 0 aliphatic carbocycles. The Morgan fingerprint density at radius 1 is 1.33 bits per heavy atom. The molecule has 1 saturated heterocycles. The number of rotatable bonds is 4. The van der Waals surface area contributed by atoms with E-state index in [1.54, 1.807) is 0 Å². The number of pyridine rings is 1. The van der Waals surface area contributed by atoms with Gasteiger partial charge in [0.15, 0.2) is 0 Å². The average molecular weight is 249 g/mol. The Kier molecular flexibility index (Phi) is 4.35. The highest BCUT2D eigenvalue weighted by atomic mass is 16.4. The zero-order valence-corrected chi connectivity index (χ0v) is 10.4. The van der Waals surface area contributed by atoms with Crippen LogP contribution in [0.2, 0.25) is 0 Å². The second-order valence-corrected chi connectivity index (χ2v) is 4.36. The molecule has 1 aromatic rings. The molecule has 1 aliphatic rings. The predicted molar refractivity (Wildman–Crippen MR) is 70.9 cm³/mol. The van der Waals surface area contributed by atoms with Crippen molar-refractivity contribution < 1.29 is 5.21 Å². The van der Waals surface area contributed by atoms with E-state index in [2.05, 4.69) is 19.9 Å². The second kappa shape index (κ2) is 6.20. The van der Waals surface area contributed by atoms with E-state index >= 15 is 0 Å². The van der Waals surface area contributed by atoms with Gasteiger partial charge in [0.2, 0.25) is 0 Å². The Balaban J connectivity index is 1.78. The lowest BCUT2D eigenvalue weighted by Gasteiger charge is -2.35. The van der Waals surface area contributed by atoms with Crippen LogP contribution in [0, 0.1) is 0 Å². The van der Waals surface area contributed by atoms with Gasteiger partial charge in [-0.05, 0) is 12.1 Å². The monoisotopic (exact) mass is 249 g/mol. The van der Waals surface area contributed by atoms with E-state index in [4.69, 9.17) is 10.9 Å². The third-order valence-corrected chi connectivity index (χ3v) is 3.16. The Morgan fingerprint density at radius 2 is 2.11 bits per heavy atom. The van der Waals surface area contributed by atoms with Gasteiger partial charge in [-0.25, -0.2) is 4.98 Å². The van der Waals surface area contributed by atoms with E-state index in [9.17, 15) is 0 Å². The van der Waals surface area contributed by atoms with Crippen LogP contribution in [0.25, 0.3) is 0 Å². The number of amidine groups is 1. The number of oxime groups is 1. The van der Waals surface area contributed by atoms with Crippen LogP contribution in [0.4, 0.5) is 5.82 Å². The molecule has 2 heterocycles. The maximum absolute atomic E-state index is 8.48. The van der Waals surface area contributed by atoms with Gasteiger partial charge in [0.25, 0.3) is 0 Å². The molecule has 0 atom stereocenters. The van der Waals surface area contributed by atoms with Gasteiger partial charge < -0.3 is 15.8 Å². The Morgan fingerprint density at radius 3 is 2.72 bits per heavy atom. The first kappa shape index (κ1) is 12.6. The SMILES string of the molecule is N/C(CCN1CCN(c2ccccn2)CC1)=N\O. The van der Waals surface area contributed by atoms with Crippen molar-refractivity contribution in [1.29, 1.82) is 0 Å². The molecule has 0 spiro atoms. The normalized spacial score (nSPS) is 18.0. The smallest absolute Gasteiger partial charge is 0.140 e. The largest absolute Gasteiger partial charge is 0.409 e. The van der Waals surface area contributed by atoms with Gasteiger partial charge in [-0.2, -0.15) is 0 Å². The number of nitrogens with two attached hydrogens (primary N) is 1. The molecule has 0 unspecified atom stereocenters. The third kappa shape index (κ3) is 3.33. The van der Waals surface area contributed by atoms with Gasteiger partial charge in [-0.1, -0.05) is 11.2 Å². The Hall–Kier alpha value is -1.82. The van der Waals surface area contributed by atoms with E-state index in [1.807, 2.05) is 24.4 Å². The average Bonchev–Trinajstić information content (AvgIpc) is 2.46. The van der Waals surface area contributed by atoms with Crippen molar-refractivity contribution in [1.82, 2.24) is 9.88 Å². The zero-order chi connectivity index (χ0) is 12.8. The summed E-state index contributed by atoms with van der Waals surface area (Å²) in [4.78, 5) is 8.94. The summed E-state index contributed by atoms with van der Waals surface area (Å²) in [6.07, 6.45) is 2.43. The molecule has 98 valence electrons. The summed E-state index contributed by atoms with van der Waals surface area (Å²) in [5, 5.41) is 11.5. The van der Waals surface area contributed by atoms with Crippen molar-refractivity contribution >= 4 is 11.7 Å². The molecule has 0 bridgehead atoms. The molecule has 0 radical (unpaired) electrons. The molecule has 6 nitrogen and oxygen atoms in total. The quantitative estimate of drug-likeness (QED) is 0.348. The highest BCUT2D eigenvalue weighted by Crippen LogP contribution is 2.12. The fourth-order valence-corrected chi connectivity index (χ4v) is 2.06. The molecule has 6 heteroatoms. The van der Waals surface area contributed by atoms with Gasteiger partial charge in [-0.15, -0.1) is 0 Å². The molecule has 0 amide bonds. The number of anilines is 1. The van der Waals surface area contributed by atoms with Crippen molar-refractivity contribution in [3.8, 4) is 0 Å². The zero-order valence-electron chi connectivity index (χ0n) is 10.4. The van der Waals surface area contributed by atoms with Gasteiger partial charge in [-0.3, -0.25) is 4.90 Å². The van der Waals surface area contributed by atoms with E-state index in [0.717, 1.165) is 38.5 Å². The maximum Gasteiger partial charge on any atom is 0.140 e. The summed E-state index contributed by atoms with van der Waals surface area (Å²) >= 11 is 0. The van der Waals surface area contributed by atoms with Crippen LogP contribution in [-0.4, -0.2) is 53.7 Å². The Bertz CT molecular complexity index is 387. The summed E-state index contributed by atoms with van der Waals surface area (Å²) in [5.41, 5.74) is 5.46. The van der Waals surface area contributed by atoms with Crippen molar-refractivity contribution in [2.45, 2.75) is 6.42 Å². The number of hydrogen-bond acceptors (Lipinski definition) is 5. The maximum atomic E-state index is 8.48. The van der Waals surface area contributed by atoms with Crippen LogP contribution in [0.5, 0.6) is 0 Å². The molecule has 18 heavy (non-hydrogen) atoms. The summed E-state index contributed by atoms with van der Waals surface area (Å²) in [6, 6.07) is 5.97. The molecule has 0 aromatic carbocycles. The number of piperazine rings is 1. The van der Waals surface area contributed by atoms with Crippen molar-refractivity contribution in [2.75, 3.05) is 37.6 Å². The fourth-order valence-electron chi connectivity index (χ4n) is 2.06. The topological polar surface area (TPSA) is 78.0 Å². The molecular formula is C12H19N5O. The van der Waals surface area contributed by atoms with Crippen LogP contribution in [0.3, 0.4) is 0 Å². The fraction of sp³-hybridized carbons (Fsp3) is 0.500. The first-order valence-electron chi connectivity index (χ1n) is 6.14. The van der Waals surface area contributed by atoms with Crippen molar-refractivity contribution in [3.63, 3.8) is 0 Å². The van der Waals surface area contributed by atoms with Crippen LogP contribution in [-0.2, 0) is 0 Å². The lowest BCUT2D eigenvalue weighted by Crippen LogP contribution is -2.47. The van der Waals surface area contributed by atoms with Gasteiger partial charge in [0.1, 0.15) is 11.7 Å². The first-order valence-corrected chi connectivity index (χ1v) is 6.14. The summed E-state index contributed by atoms with van der Waals surface area (Å²) < 4.78 is 0. The highest BCUT2D eigenvalue weighted by Gasteiger charge is 2.17. The second-order valence-electron chi connectivity index (χ2n) is 4.36. The molecular weight excluding hydrogens is 230 g/mol. The van der Waals surface area contributed by atoms with Crippen LogP contribution >= 0.6 is 0 Å². The number of nitrogens with zero attached hydrogens (tertiary/aromatic N) is 4. The van der Waals surface area contributed by atoms with Crippen LogP contribution in [0.15, 0.2) is 29.6 Å². The van der Waals surface area contributed by atoms with Gasteiger partial charge >= 0.3 is 0 Å². The van der Waals surface area contributed by atoms with Crippen LogP contribution in [0.1, 0.15) is 6.42 Å². The molecule has 1 fully saturated rings. The summed E-state index contributed by atoms with van der Waals surface area (Å²) in [7, 11) is 0. The first-order chi connectivity index (χ1) is 8.79. The minimum Gasteiger partial charge on any atom is -0.409 e. The minimum absolute atomic E-state index is 0.294. The van der Waals surface area contributed by atoms with E-state index in [-0.39, 0.29) is 0 Å². The summed E-state index contributed by atoms with van der Waals surface area (Å²) in [5.74, 6) is 1.33. The molecule has 1 aliphatic heterocycles. The number of hydrogen-bond donors (Lipinski definition) is 2.